The average molecular weight is 358 g/mol. The standard InChI is InChI=1S/C14H15IOS/c1-14(16,8-6-11-7-9-17-10-11)12-2-4-13(15)5-3-12/h2-5,7,9-10,16H,6,8H2,1H3. The molecule has 1 N–H and O–H groups in total. The number of halogens is 1. The number of aryl methyl sites for hydroxylation is 1. The third-order valence-electron chi connectivity index (χ3n) is 2.95. The van der Waals surface area contributed by atoms with Gasteiger partial charge in [-0.25, -0.2) is 0 Å². The van der Waals surface area contributed by atoms with E-state index in [2.05, 4.69) is 39.4 Å². The first-order chi connectivity index (χ1) is 8.08. The van der Waals surface area contributed by atoms with Gasteiger partial charge in [-0.3, -0.25) is 0 Å². The average Bonchev–Trinajstić information content (AvgIpc) is 2.80. The third-order valence-corrected chi connectivity index (χ3v) is 4.40. The van der Waals surface area contributed by atoms with E-state index in [0.717, 1.165) is 18.4 Å². The van der Waals surface area contributed by atoms with Crippen LogP contribution >= 0.6 is 33.9 Å². The van der Waals surface area contributed by atoms with Gasteiger partial charge in [-0.2, -0.15) is 11.3 Å². The highest BCUT2D eigenvalue weighted by Crippen LogP contribution is 2.27. The zero-order valence-electron chi connectivity index (χ0n) is 9.69. The monoisotopic (exact) mass is 358 g/mol. The maximum absolute atomic E-state index is 10.5. The molecule has 0 bridgehead atoms. The molecule has 2 rings (SSSR count). The SMILES string of the molecule is CC(O)(CCc1ccsc1)c1ccc(I)cc1. The van der Waals surface area contributed by atoms with Crippen molar-refractivity contribution in [1.82, 2.24) is 0 Å². The smallest absolute Gasteiger partial charge is 0.0871 e. The normalized spacial score (nSPS) is 14.5. The van der Waals surface area contributed by atoms with Crippen LogP contribution in [0.5, 0.6) is 0 Å². The van der Waals surface area contributed by atoms with Crippen LogP contribution in [-0.4, -0.2) is 5.11 Å². The summed E-state index contributed by atoms with van der Waals surface area (Å²) in [6.45, 7) is 1.89. The first-order valence-corrected chi connectivity index (χ1v) is 7.59. The second-order valence-corrected chi connectivity index (χ2v) is 6.44. The van der Waals surface area contributed by atoms with E-state index in [4.69, 9.17) is 0 Å². The summed E-state index contributed by atoms with van der Waals surface area (Å²) in [5, 5.41) is 14.7. The molecule has 90 valence electrons. The molecule has 0 spiro atoms. The maximum Gasteiger partial charge on any atom is 0.0871 e. The zero-order chi connectivity index (χ0) is 12.3. The number of benzene rings is 1. The largest absolute Gasteiger partial charge is 0.385 e. The molecule has 1 nitrogen and oxygen atoms in total. The molecule has 0 fully saturated rings. The van der Waals surface area contributed by atoms with Gasteiger partial charge in [-0.15, -0.1) is 0 Å². The van der Waals surface area contributed by atoms with Gasteiger partial charge in [0.15, 0.2) is 0 Å². The zero-order valence-corrected chi connectivity index (χ0v) is 12.7. The van der Waals surface area contributed by atoms with Crippen molar-refractivity contribution < 1.29 is 5.11 Å². The van der Waals surface area contributed by atoms with Crippen LogP contribution in [0.2, 0.25) is 0 Å². The van der Waals surface area contributed by atoms with Crippen molar-refractivity contribution in [3.05, 3.63) is 55.8 Å². The summed E-state index contributed by atoms with van der Waals surface area (Å²) in [7, 11) is 0. The second-order valence-electron chi connectivity index (χ2n) is 4.41. The fraction of sp³-hybridized carbons (Fsp3) is 0.286. The number of thiophene rings is 1. The highest BCUT2D eigenvalue weighted by atomic mass is 127. The molecule has 1 unspecified atom stereocenters. The molecule has 0 amide bonds. The minimum atomic E-state index is -0.744. The summed E-state index contributed by atoms with van der Waals surface area (Å²) >= 11 is 3.98. The van der Waals surface area contributed by atoms with E-state index in [0.29, 0.717) is 0 Å². The molecule has 0 aliphatic heterocycles. The lowest BCUT2D eigenvalue weighted by Gasteiger charge is -2.23. The van der Waals surface area contributed by atoms with Crippen LogP contribution in [0.3, 0.4) is 0 Å². The van der Waals surface area contributed by atoms with Crippen LogP contribution in [-0.2, 0) is 12.0 Å². The Morgan fingerprint density at radius 2 is 1.94 bits per heavy atom. The lowest BCUT2D eigenvalue weighted by Crippen LogP contribution is -2.21. The Bertz CT molecular complexity index is 459. The molecule has 0 aliphatic carbocycles. The Labute approximate surface area is 120 Å². The molecule has 17 heavy (non-hydrogen) atoms. The fourth-order valence-corrected chi connectivity index (χ4v) is 2.84. The summed E-state index contributed by atoms with van der Waals surface area (Å²) < 4.78 is 1.19. The van der Waals surface area contributed by atoms with Crippen LogP contribution in [0.25, 0.3) is 0 Å². The van der Waals surface area contributed by atoms with Crippen LogP contribution in [0, 0.1) is 3.57 Å². The van der Waals surface area contributed by atoms with Gasteiger partial charge in [0.25, 0.3) is 0 Å². The third kappa shape index (κ3) is 3.53. The molecule has 1 aromatic carbocycles. The minimum absolute atomic E-state index is 0.744. The summed E-state index contributed by atoms with van der Waals surface area (Å²) in [5.41, 5.74) is 1.56. The molecular weight excluding hydrogens is 343 g/mol. The highest BCUT2D eigenvalue weighted by Gasteiger charge is 2.22. The van der Waals surface area contributed by atoms with E-state index >= 15 is 0 Å². The maximum atomic E-state index is 10.5. The molecule has 3 heteroatoms. The van der Waals surface area contributed by atoms with E-state index in [1.807, 2.05) is 31.2 Å². The molecule has 0 saturated heterocycles. The van der Waals surface area contributed by atoms with E-state index < -0.39 is 5.60 Å². The molecule has 1 aromatic heterocycles. The summed E-state index contributed by atoms with van der Waals surface area (Å²) in [4.78, 5) is 0. The Morgan fingerprint density at radius 1 is 1.24 bits per heavy atom. The van der Waals surface area contributed by atoms with E-state index in [9.17, 15) is 5.11 Å². The van der Waals surface area contributed by atoms with Crippen LogP contribution in [0.4, 0.5) is 0 Å². The quantitative estimate of drug-likeness (QED) is 0.813. The molecule has 2 aromatic rings. The number of rotatable bonds is 4. The van der Waals surface area contributed by atoms with Crippen LogP contribution in [0.15, 0.2) is 41.1 Å². The first kappa shape index (κ1) is 13.1. The predicted molar refractivity (Wildman–Crippen MR) is 81.4 cm³/mol. The molecule has 0 aliphatic rings. The predicted octanol–water partition coefficient (Wildman–Crippen LogP) is 4.19. The van der Waals surface area contributed by atoms with Crippen molar-refractivity contribution >= 4 is 33.9 Å². The lowest BCUT2D eigenvalue weighted by atomic mass is 9.90. The second kappa shape index (κ2) is 5.50. The van der Waals surface area contributed by atoms with Gasteiger partial charge in [0.1, 0.15) is 0 Å². The van der Waals surface area contributed by atoms with Gasteiger partial charge < -0.3 is 5.11 Å². The van der Waals surface area contributed by atoms with E-state index in [-0.39, 0.29) is 0 Å². The molecular formula is C14H15IOS. The summed E-state index contributed by atoms with van der Waals surface area (Å²) in [6.07, 6.45) is 1.67. The van der Waals surface area contributed by atoms with Crippen LogP contribution < -0.4 is 0 Å². The van der Waals surface area contributed by atoms with E-state index in [1.165, 1.54) is 9.13 Å². The van der Waals surface area contributed by atoms with Crippen molar-refractivity contribution in [2.45, 2.75) is 25.4 Å². The van der Waals surface area contributed by atoms with Gasteiger partial charge in [0.05, 0.1) is 5.60 Å². The van der Waals surface area contributed by atoms with Crippen molar-refractivity contribution in [3.63, 3.8) is 0 Å². The summed E-state index contributed by atoms with van der Waals surface area (Å²) in [6, 6.07) is 10.2. The Kier molecular flexibility index (Phi) is 4.22. The Balaban J connectivity index is 2.05. The number of hydrogen-bond acceptors (Lipinski definition) is 2. The first-order valence-electron chi connectivity index (χ1n) is 5.57. The number of hydrogen-bond donors (Lipinski definition) is 1. The Hall–Kier alpha value is -0.390. The van der Waals surface area contributed by atoms with Crippen molar-refractivity contribution in [2.75, 3.05) is 0 Å². The molecule has 1 heterocycles. The van der Waals surface area contributed by atoms with Gasteiger partial charge in [-0.05, 0) is 82.4 Å². The highest BCUT2D eigenvalue weighted by molar-refractivity contribution is 14.1. The lowest BCUT2D eigenvalue weighted by molar-refractivity contribution is 0.0481. The fourth-order valence-electron chi connectivity index (χ4n) is 1.78. The molecule has 0 saturated carbocycles. The van der Waals surface area contributed by atoms with Gasteiger partial charge in [0, 0.05) is 3.57 Å². The van der Waals surface area contributed by atoms with Crippen LogP contribution in [0.1, 0.15) is 24.5 Å². The van der Waals surface area contributed by atoms with Gasteiger partial charge >= 0.3 is 0 Å². The molecule has 1 atom stereocenters. The number of aliphatic hydroxyl groups is 1. The van der Waals surface area contributed by atoms with E-state index in [1.54, 1.807) is 11.3 Å². The van der Waals surface area contributed by atoms with Gasteiger partial charge in [0.2, 0.25) is 0 Å². The van der Waals surface area contributed by atoms with Crippen molar-refractivity contribution in [1.29, 1.82) is 0 Å². The Morgan fingerprint density at radius 3 is 2.53 bits per heavy atom. The van der Waals surface area contributed by atoms with Crippen molar-refractivity contribution in [2.24, 2.45) is 0 Å². The topological polar surface area (TPSA) is 20.2 Å². The molecule has 0 radical (unpaired) electrons. The van der Waals surface area contributed by atoms with Crippen molar-refractivity contribution in [3.8, 4) is 0 Å². The summed E-state index contributed by atoms with van der Waals surface area (Å²) in [5.74, 6) is 0. The minimum Gasteiger partial charge on any atom is -0.385 e. The van der Waals surface area contributed by atoms with Gasteiger partial charge in [-0.1, -0.05) is 12.1 Å².